The Kier molecular flexibility index (Phi) is 7.36. The zero-order valence-electron chi connectivity index (χ0n) is 12.6. The average molecular weight is 282 g/mol. The second-order valence-electron chi connectivity index (χ2n) is 4.68. The summed E-state index contributed by atoms with van der Waals surface area (Å²) in [6, 6.07) is 5.43. The third-order valence-electron chi connectivity index (χ3n) is 3.22. The summed E-state index contributed by atoms with van der Waals surface area (Å²) < 4.78 is 10.9. The molecule has 0 radical (unpaired) electrons. The van der Waals surface area contributed by atoms with Crippen LogP contribution in [0.3, 0.4) is 0 Å². The lowest BCUT2D eigenvalue weighted by Gasteiger charge is -2.23. The number of rotatable bonds is 9. The first-order valence-electron chi connectivity index (χ1n) is 7.04. The van der Waals surface area contributed by atoms with Gasteiger partial charge in [0.25, 0.3) is 0 Å². The molecule has 0 aliphatic carbocycles. The number of hydrogen-bond acceptors (Lipinski definition) is 5. The summed E-state index contributed by atoms with van der Waals surface area (Å²) in [5.41, 5.74) is 6.35. The molecule has 0 amide bonds. The third kappa shape index (κ3) is 4.37. The molecule has 1 rings (SSSR count). The number of nitrogens with two attached hydrogens (primary N) is 1. The van der Waals surface area contributed by atoms with Gasteiger partial charge in [0.1, 0.15) is 0 Å². The molecular formula is C15H26N2O3. The number of likely N-dealkylation sites (N-methyl/N-ethyl adjacent to an activating group) is 1. The second kappa shape index (κ2) is 8.79. The zero-order valence-corrected chi connectivity index (χ0v) is 12.6. The highest BCUT2D eigenvalue weighted by Crippen LogP contribution is 2.31. The normalized spacial score (nSPS) is 13.8. The van der Waals surface area contributed by atoms with Crippen LogP contribution in [-0.4, -0.2) is 38.5 Å². The number of ether oxygens (including phenoxy) is 2. The van der Waals surface area contributed by atoms with E-state index in [4.69, 9.17) is 15.2 Å². The van der Waals surface area contributed by atoms with E-state index in [1.54, 1.807) is 7.11 Å². The van der Waals surface area contributed by atoms with Gasteiger partial charge in [-0.1, -0.05) is 13.0 Å². The van der Waals surface area contributed by atoms with Crippen LogP contribution in [0.15, 0.2) is 18.2 Å². The minimum Gasteiger partial charge on any atom is -0.493 e. The maximum atomic E-state index is 10.4. The van der Waals surface area contributed by atoms with Crippen molar-refractivity contribution < 1.29 is 14.6 Å². The van der Waals surface area contributed by atoms with Crippen LogP contribution < -0.4 is 20.5 Å². The molecule has 0 saturated heterocycles. The predicted octanol–water partition coefficient (Wildman–Crippen LogP) is 1.45. The van der Waals surface area contributed by atoms with E-state index in [1.165, 1.54) is 0 Å². The van der Waals surface area contributed by atoms with Gasteiger partial charge in [-0.05, 0) is 44.1 Å². The molecule has 5 heteroatoms. The lowest BCUT2D eigenvalue weighted by Crippen LogP contribution is -2.34. The van der Waals surface area contributed by atoms with Crippen molar-refractivity contribution in [3.8, 4) is 11.5 Å². The molecule has 0 saturated carbocycles. The summed E-state index contributed by atoms with van der Waals surface area (Å²) in [5.74, 6) is 1.34. The van der Waals surface area contributed by atoms with Crippen LogP contribution in [-0.2, 0) is 0 Å². The van der Waals surface area contributed by atoms with Crippen LogP contribution in [0.1, 0.15) is 31.4 Å². The van der Waals surface area contributed by atoms with Gasteiger partial charge in [0, 0.05) is 6.04 Å². The van der Waals surface area contributed by atoms with Crippen molar-refractivity contribution in [2.24, 2.45) is 5.73 Å². The fraction of sp³-hybridized carbons (Fsp3) is 0.600. The lowest BCUT2D eigenvalue weighted by atomic mass is 9.99. The van der Waals surface area contributed by atoms with Crippen molar-refractivity contribution in [3.63, 3.8) is 0 Å². The Hall–Kier alpha value is -1.30. The number of benzene rings is 1. The first kappa shape index (κ1) is 16.8. The highest BCUT2D eigenvalue weighted by molar-refractivity contribution is 5.43. The molecular weight excluding hydrogens is 256 g/mol. The van der Waals surface area contributed by atoms with Gasteiger partial charge in [0.05, 0.1) is 19.8 Å². The average Bonchev–Trinajstić information content (AvgIpc) is 2.49. The number of nitrogens with one attached hydrogen (secondary N) is 1. The third-order valence-corrected chi connectivity index (χ3v) is 3.22. The van der Waals surface area contributed by atoms with E-state index in [2.05, 4.69) is 12.2 Å². The number of methoxy groups -OCH3 is 1. The van der Waals surface area contributed by atoms with Crippen molar-refractivity contribution in [1.82, 2.24) is 5.32 Å². The molecule has 114 valence electrons. The summed E-state index contributed by atoms with van der Waals surface area (Å²) in [6.45, 7) is 3.22. The predicted molar refractivity (Wildman–Crippen MR) is 80.3 cm³/mol. The second-order valence-corrected chi connectivity index (χ2v) is 4.68. The van der Waals surface area contributed by atoms with Crippen molar-refractivity contribution in [2.45, 2.75) is 31.9 Å². The Morgan fingerprint density at radius 1 is 1.35 bits per heavy atom. The van der Waals surface area contributed by atoms with Gasteiger partial charge in [0.2, 0.25) is 0 Å². The van der Waals surface area contributed by atoms with Crippen molar-refractivity contribution in [2.75, 3.05) is 27.3 Å². The Morgan fingerprint density at radius 2 is 2.10 bits per heavy atom. The summed E-state index contributed by atoms with van der Waals surface area (Å²) in [4.78, 5) is 0. The van der Waals surface area contributed by atoms with Crippen LogP contribution in [0.25, 0.3) is 0 Å². The Morgan fingerprint density at radius 3 is 2.65 bits per heavy atom. The highest BCUT2D eigenvalue weighted by atomic mass is 16.5. The van der Waals surface area contributed by atoms with Crippen molar-refractivity contribution in [1.29, 1.82) is 0 Å². The molecule has 0 aromatic heterocycles. The molecule has 0 aliphatic heterocycles. The maximum Gasteiger partial charge on any atom is 0.161 e. The fourth-order valence-electron chi connectivity index (χ4n) is 2.07. The SMILES string of the molecule is CCCOc1ccc(C(O)C(CCN)NC)cc1OC. The first-order valence-corrected chi connectivity index (χ1v) is 7.04. The minimum atomic E-state index is -0.627. The molecule has 4 N–H and O–H groups in total. The van der Waals surface area contributed by atoms with Gasteiger partial charge in [-0.3, -0.25) is 0 Å². The van der Waals surface area contributed by atoms with E-state index in [-0.39, 0.29) is 6.04 Å². The van der Waals surface area contributed by atoms with Crippen LogP contribution in [0.5, 0.6) is 11.5 Å². The van der Waals surface area contributed by atoms with Crippen molar-refractivity contribution >= 4 is 0 Å². The van der Waals surface area contributed by atoms with E-state index in [9.17, 15) is 5.11 Å². The van der Waals surface area contributed by atoms with E-state index in [1.807, 2.05) is 25.2 Å². The highest BCUT2D eigenvalue weighted by Gasteiger charge is 2.20. The lowest BCUT2D eigenvalue weighted by molar-refractivity contribution is 0.128. The van der Waals surface area contributed by atoms with Gasteiger partial charge >= 0.3 is 0 Å². The van der Waals surface area contributed by atoms with E-state index in [0.29, 0.717) is 31.1 Å². The molecule has 2 atom stereocenters. The Labute approximate surface area is 121 Å². The van der Waals surface area contributed by atoms with Gasteiger partial charge in [-0.2, -0.15) is 0 Å². The summed E-state index contributed by atoms with van der Waals surface area (Å²) in [6.07, 6.45) is 1.01. The summed E-state index contributed by atoms with van der Waals surface area (Å²) in [5, 5.41) is 13.5. The summed E-state index contributed by atoms with van der Waals surface area (Å²) >= 11 is 0. The largest absolute Gasteiger partial charge is 0.493 e. The Balaban J connectivity index is 2.90. The number of hydrogen-bond donors (Lipinski definition) is 3. The maximum absolute atomic E-state index is 10.4. The smallest absolute Gasteiger partial charge is 0.161 e. The van der Waals surface area contributed by atoms with Gasteiger partial charge in [-0.25, -0.2) is 0 Å². The number of aliphatic hydroxyl groups is 1. The topological polar surface area (TPSA) is 76.7 Å². The quantitative estimate of drug-likeness (QED) is 0.639. The number of aliphatic hydroxyl groups excluding tert-OH is 1. The van der Waals surface area contributed by atoms with Gasteiger partial charge < -0.3 is 25.6 Å². The van der Waals surface area contributed by atoms with Gasteiger partial charge in [0.15, 0.2) is 11.5 Å². The van der Waals surface area contributed by atoms with Gasteiger partial charge in [-0.15, -0.1) is 0 Å². The van der Waals surface area contributed by atoms with E-state index in [0.717, 1.165) is 12.0 Å². The zero-order chi connectivity index (χ0) is 15.0. The van der Waals surface area contributed by atoms with Crippen LogP contribution in [0, 0.1) is 0 Å². The molecule has 0 fully saturated rings. The minimum absolute atomic E-state index is 0.0767. The molecule has 0 aliphatic rings. The molecule has 1 aromatic carbocycles. The van der Waals surface area contributed by atoms with Crippen LogP contribution in [0.2, 0.25) is 0 Å². The molecule has 20 heavy (non-hydrogen) atoms. The molecule has 1 aromatic rings. The van der Waals surface area contributed by atoms with E-state index < -0.39 is 6.10 Å². The van der Waals surface area contributed by atoms with E-state index >= 15 is 0 Å². The molecule has 0 spiro atoms. The van der Waals surface area contributed by atoms with Crippen LogP contribution in [0.4, 0.5) is 0 Å². The van der Waals surface area contributed by atoms with Crippen LogP contribution >= 0.6 is 0 Å². The molecule has 0 bridgehead atoms. The monoisotopic (exact) mass is 282 g/mol. The first-order chi connectivity index (χ1) is 9.67. The standard InChI is InChI=1S/C15H26N2O3/c1-4-9-20-13-6-5-11(10-14(13)19-3)15(18)12(17-2)7-8-16/h5-6,10,12,15,17-18H,4,7-9,16H2,1-3H3. The molecule has 0 heterocycles. The molecule has 5 nitrogen and oxygen atoms in total. The van der Waals surface area contributed by atoms with Crippen molar-refractivity contribution in [3.05, 3.63) is 23.8 Å². The fourth-order valence-corrected chi connectivity index (χ4v) is 2.07. The Bertz CT molecular complexity index is 399. The molecule has 2 unspecified atom stereocenters. The summed E-state index contributed by atoms with van der Waals surface area (Å²) in [7, 11) is 3.42.